The monoisotopic (exact) mass is 640 g/mol. The molecule has 2 aromatic heterocycles. The molecule has 2 nitrogen and oxygen atoms in total. The van der Waals surface area contributed by atoms with Gasteiger partial charge in [-0.1, -0.05) is 146 Å². The maximum Gasteiger partial charge on any atom is 0.161 e. The summed E-state index contributed by atoms with van der Waals surface area (Å²) in [4.78, 5) is 10.6. The van der Waals surface area contributed by atoms with Crippen LogP contribution < -0.4 is 0 Å². The average molecular weight is 641 g/mol. The first kappa shape index (κ1) is 27.9. The minimum atomic E-state index is 0.729. The predicted octanol–water partition coefficient (Wildman–Crippen LogP) is 13.0. The van der Waals surface area contributed by atoms with Crippen LogP contribution in [0.2, 0.25) is 0 Å². The highest BCUT2D eigenvalue weighted by atomic mass is 32.1. The Hall–Kier alpha value is -6.16. The molecule has 0 aliphatic heterocycles. The van der Waals surface area contributed by atoms with Crippen molar-refractivity contribution in [2.24, 2.45) is 0 Å². The lowest BCUT2D eigenvalue weighted by Gasteiger charge is -2.15. The smallest absolute Gasteiger partial charge is 0.161 e. The number of thiophene rings is 1. The summed E-state index contributed by atoms with van der Waals surface area (Å²) < 4.78 is 2.64. The van der Waals surface area contributed by atoms with Gasteiger partial charge in [-0.15, -0.1) is 11.3 Å². The maximum atomic E-state index is 5.34. The Morgan fingerprint density at radius 3 is 1.73 bits per heavy atom. The Morgan fingerprint density at radius 2 is 0.918 bits per heavy atom. The van der Waals surface area contributed by atoms with Crippen LogP contribution in [0.5, 0.6) is 0 Å². The lowest BCUT2D eigenvalue weighted by Crippen LogP contribution is -1.97. The molecule has 0 N–H and O–H groups in total. The fourth-order valence-electron chi connectivity index (χ4n) is 7.26. The summed E-state index contributed by atoms with van der Waals surface area (Å²) in [5, 5.41) is 9.79. The van der Waals surface area contributed by atoms with E-state index < -0.39 is 0 Å². The van der Waals surface area contributed by atoms with E-state index in [4.69, 9.17) is 9.97 Å². The van der Waals surface area contributed by atoms with Crippen LogP contribution in [0.4, 0.5) is 0 Å². The van der Waals surface area contributed by atoms with Gasteiger partial charge in [-0.05, 0) is 67.7 Å². The molecule has 49 heavy (non-hydrogen) atoms. The first-order chi connectivity index (χ1) is 24.3. The predicted molar refractivity (Wildman–Crippen MR) is 209 cm³/mol. The van der Waals surface area contributed by atoms with Crippen molar-refractivity contribution in [1.29, 1.82) is 0 Å². The number of fused-ring (bicyclic) bond motifs is 7. The molecule has 0 atom stereocenters. The molecule has 3 heteroatoms. The van der Waals surface area contributed by atoms with Crippen LogP contribution in [0.15, 0.2) is 170 Å². The van der Waals surface area contributed by atoms with Gasteiger partial charge in [0.25, 0.3) is 0 Å². The molecular formula is C46H28N2S. The van der Waals surface area contributed by atoms with Crippen LogP contribution in [0.1, 0.15) is 0 Å². The summed E-state index contributed by atoms with van der Waals surface area (Å²) in [6.45, 7) is 0. The molecule has 2 heterocycles. The third kappa shape index (κ3) is 4.70. The molecular weight excluding hydrogens is 613 g/mol. The third-order valence-electron chi connectivity index (χ3n) is 9.68. The molecule has 8 aromatic carbocycles. The second-order valence-corrected chi connectivity index (χ2v) is 13.7. The Balaban J connectivity index is 1.15. The molecule has 0 radical (unpaired) electrons. The van der Waals surface area contributed by atoms with Gasteiger partial charge in [-0.2, -0.15) is 0 Å². The van der Waals surface area contributed by atoms with E-state index in [0.717, 1.165) is 44.7 Å². The first-order valence-corrected chi connectivity index (χ1v) is 17.4. The van der Waals surface area contributed by atoms with Crippen LogP contribution in [-0.4, -0.2) is 9.97 Å². The van der Waals surface area contributed by atoms with E-state index in [1.807, 2.05) is 17.4 Å². The summed E-state index contributed by atoms with van der Waals surface area (Å²) >= 11 is 1.85. The molecule has 10 aromatic rings. The second kappa shape index (κ2) is 11.2. The highest BCUT2D eigenvalue weighted by Gasteiger charge is 2.17. The summed E-state index contributed by atoms with van der Waals surface area (Å²) in [6, 6.07) is 60.8. The van der Waals surface area contributed by atoms with Gasteiger partial charge in [0, 0.05) is 36.9 Å². The zero-order valence-corrected chi connectivity index (χ0v) is 27.3. The minimum Gasteiger partial charge on any atom is -0.228 e. The van der Waals surface area contributed by atoms with Gasteiger partial charge >= 0.3 is 0 Å². The van der Waals surface area contributed by atoms with Gasteiger partial charge in [0.1, 0.15) is 0 Å². The van der Waals surface area contributed by atoms with Crippen molar-refractivity contribution in [3.63, 3.8) is 0 Å². The number of hydrogen-bond donors (Lipinski definition) is 0. The van der Waals surface area contributed by atoms with Crippen LogP contribution >= 0.6 is 11.3 Å². The van der Waals surface area contributed by atoms with Crippen molar-refractivity contribution in [1.82, 2.24) is 9.97 Å². The number of benzene rings is 8. The topological polar surface area (TPSA) is 25.8 Å². The Morgan fingerprint density at radius 1 is 0.327 bits per heavy atom. The first-order valence-electron chi connectivity index (χ1n) is 16.6. The van der Waals surface area contributed by atoms with Crippen molar-refractivity contribution in [2.75, 3.05) is 0 Å². The minimum absolute atomic E-state index is 0.729. The molecule has 0 spiro atoms. The van der Waals surface area contributed by atoms with Gasteiger partial charge in [-0.3, -0.25) is 0 Å². The summed E-state index contributed by atoms with van der Waals surface area (Å²) in [6.07, 6.45) is 0. The van der Waals surface area contributed by atoms with E-state index in [1.165, 1.54) is 52.8 Å². The average Bonchev–Trinajstić information content (AvgIpc) is 3.55. The zero-order valence-electron chi connectivity index (χ0n) is 26.5. The number of hydrogen-bond acceptors (Lipinski definition) is 3. The summed E-state index contributed by atoms with van der Waals surface area (Å²) in [5.74, 6) is 0.729. The fourth-order valence-corrected chi connectivity index (χ4v) is 8.41. The maximum absolute atomic E-state index is 5.34. The molecule has 0 saturated heterocycles. The molecule has 0 aliphatic rings. The number of aromatic nitrogens is 2. The highest BCUT2D eigenvalue weighted by molar-refractivity contribution is 7.25. The second-order valence-electron chi connectivity index (χ2n) is 12.6. The Kier molecular flexibility index (Phi) is 6.39. The quantitative estimate of drug-likeness (QED) is 0.141. The lowest BCUT2D eigenvalue weighted by atomic mass is 9.92. The molecule has 0 unspecified atom stereocenters. The summed E-state index contributed by atoms with van der Waals surface area (Å²) in [5.41, 5.74) is 7.39. The van der Waals surface area contributed by atoms with Crippen LogP contribution in [0.25, 0.3) is 97.5 Å². The zero-order chi connectivity index (χ0) is 32.3. The Labute approximate surface area is 287 Å². The van der Waals surface area contributed by atoms with E-state index in [9.17, 15) is 0 Å². The van der Waals surface area contributed by atoms with Crippen LogP contribution in [-0.2, 0) is 0 Å². The molecule has 228 valence electrons. The van der Waals surface area contributed by atoms with Gasteiger partial charge < -0.3 is 0 Å². The van der Waals surface area contributed by atoms with E-state index in [1.54, 1.807) is 0 Å². The molecule has 0 amide bonds. The van der Waals surface area contributed by atoms with Crippen molar-refractivity contribution in [3.05, 3.63) is 170 Å². The normalized spacial score (nSPS) is 11.7. The standard InChI is InChI=1S/C46H28N2S/c1-2-11-31(12-3-1)41-28-42(32-20-18-29(19-21-32)33-23-24-38-37-16-8-9-17-43(37)49-44(38)27-33)48-46(47-41)45-36-15-7-5-13-34(36)26-40-35-14-6-4-10-30(35)22-25-39(40)45/h1-28H. The highest BCUT2D eigenvalue weighted by Crippen LogP contribution is 2.40. The van der Waals surface area contributed by atoms with Crippen molar-refractivity contribution < 1.29 is 0 Å². The van der Waals surface area contributed by atoms with Crippen molar-refractivity contribution in [2.45, 2.75) is 0 Å². The van der Waals surface area contributed by atoms with Gasteiger partial charge in [0.05, 0.1) is 11.4 Å². The lowest BCUT2D eigenvalue weighted by molar-refractivity contribution is 1.19. The molecule has 0 bridgehead atoms. The Bertz CT molecular complexity index is 2870. The number of rotatable bonds is 4. The molecule has 0 fully saturated rings. The van der Waals surface area contributed by atoms with Crippen LogP contribution in [0.3, 0.4) is 0 Å². The summed E-state index contributed by atoms with van der Waals surface area (Å²) in [7, 11) is 0. The SMILES string of the molecule is c1ccc(-c2cc(-c3ccc(-c4ccc5c(c4)sc4ccccc45)cc3)nc(-c3c4ccccc4cc4c3ccc3ccccc34)n2)cc1. The molecule has 0 aliphatic carbocycles. The fraction of sp³-hybridized carbons (Fsp3) is 0. The van der Waals surface area contributed by atoms with Crippen molar-refractivity contribution >= 4 is 63.8 Å². The van der Waals surface area contributed by atoms with Gasteiger partial charge in [0.2, 0.25) is 0 Å². The van der Waals surface area contributed by atoms with E-state index >= 15 is 0 Å². The van der Waals surface area contributed by atoms with E-state index in [2.05, 4.69) is 164 Å². The van der Waals surface area contributed by atoms with Crippen LogP contribution in [0, 0.1) is 0 Å². The molecule has 0 saturated carbocycles. The van der Waals surface area contributed by atoms with E-state index in [-0.39, 0.29) is 0 Å². The van der Waals surface area contributed by atoms with Gasteiger partial charge in [0.15, 0.2) is 5.82 Å². The third-order valence-corrected chi connectivity index (χ3v) is 10.8. The number of nitrogens with zero attached hydrogens (tertiary/aromatic N) is 2. The van der Waals surface area contributed by atoms with Gasteiger partial charge in [-0.25, -0.2) is 9.97 Å². The largest absolute Gasteiger partial charge is 0.228 e. The van der Waals surface area contributed by atoms with Crippen molar-refractivity contribution in [3.8, 4) is 45.0 Å². The molecule has 10 rings (SSSR count). The van der Waals surface area contributed by atoms with E-state index in [0.29, 0.717) is 0 Å².